The summed E-state index contributed by atoms with van der Waals surface area (Å²) in [5.41, 5.74) is 3.27. The summed E-state index contributed by atoms with van der Waals surface area (Å²) in [7, 11) is -4.60. The van der Waals surface area contributed by atoms with Gasteiger partial charge in [-0.15, -0.1) is 5.73 Å². The summed E-state index contributed by atoms with van der Waals surface area (Å²) in [6, 6.07) is 0. The molecule has 0 aromatic rings. The molecule has 6 atom stereocenters. The van der Waals surface area contributed by atoms with Crippen molar-refractivity contribution in [1.29, 1.82) is 0 Å². The molecule has 1 heterocycles. The van der Waals surface area contributed by atoms with E-state index in [1.807, 2.05) is 0 Å². The molecule has 0 radical (unpaired) electrons. The number of ether oxygens (including phenoxy) is 4. The first kappa shape index (κ1) is 51.9. The summed E-state index contributed by atoms with van der Waals surface area (Å²) in [5.74, 6) is -2.02. The molecule has 0 aromatic carbocycles. The van der Waals surface area contributed by atoms with Crippen LogP contribution in [0, 0.1) is 0 Å². The van der Waals surface area contributed by atoms with Crippen LogP contribution in [-0.4, -0.2) is 96.0 Å². The minimum Gasteiger partial charge on any atom is -0.462 e. The molecular weight excluding hydrogens is 741 g/mol. The van der Waals surface area contributed by atoms with E-state index in [4.69, 9.17) is 18.9 Å². The van der Waals surface area contributed by atoms with E-state index in [-0.39, 0.29) is 19.4 Å². The average Bonchev–Trinajstić information content (AvgIpc) is 3.16. The number of rotatable bonds is 35. The molecule has 0 spiro atoms. The fourth-order valence-electron chi connectivity index (χ4n) is 6.35. The quantitative estimate of drug-likeness (QED) is 0.0158. The van der Waals surface area contributed by atoms with E-state index in [0.717, 1.165) is 77.0 Å². The Hall–Kier alpha value is -2.09. The number of esters is 2. The lowest BCUT2D eigenvalue weighted by molar-refractivity contribution is -0.297. The van der Waals surface area contributed by atoms with E-state index in [1.165, 1.54) is 57.8 Å². The summed E-state index contributed by atoms with van der Waals surface area (Å²) in [6.45, 7) is 3.69. The normalized spacial score (nSPS) is 20.4. The molecule has 13 heteroatoms. The fourth-order valence-corrected chi connectivity index (χ4v) is 7.04. The van der Waals surface area contributed by atoms with Gasteiger partial charge in [0, 0.05) is 12.8 Å². The molecule has 0 saturated carbocycles. The van der Waals surface area contributed by atoms with Crippen LogP contribution in [0.5, 0.6) is 0 Å². The second-order valence-electron chi connectivity index (χ2n) is 15.1. The van der Waals surface area contributed by atoms with Gasteiger partial charge in [0.2, 0.25) is 0 Å². The van der Waals surface area contributed by atoms with Gasteiger partial charge in [-0.2, -0.15) is 8.42 Å². The minimum atomic E-state index is -4.60. The van der Waals surface area contributed by atoms with Crippen molar-refractivity contribution in [2.24, 2.45) is 0 Å². The summed E-state index contributed by atoms with van der Waals surface area (Å²) in [4.78, 5) is 25.3. The number of hydrogen-bond donors (Lipinski definition) is 4. The van der Waals surface area contributed by atoms with Crippen molar-refractivity contribution in [2.45, 2.75) is 211 Å². The van der Waals surface area contributed by atoms with E-state index < -0.39 is 71.2 Å². The van der Waals surface area contributed by atoms with Gasteiger partial charge in [-0.1, -0.05) is 109 Å². The molecule has 326 valence electrons. The second kappa shape index (κ2) is 33.8. The Kier molecular flexibility index (Phi) is 31.4. The zero-order valence-electron chi connectivity index (χ0n) is 34.5. The summed E-state index contributed by atoms with van der Waals surface area (Å²) in [5, 5.41) is 30.8. The van der Waals surface area contributed by atoms with E-state index in [0.29, 0.717) is 12.8 Å². The van der Waals surface area contributed by atoms with Crippen molar-refractivity contribution in [3.63, 3.8) is 0 Å². The minimum absolute atomic E-state index is 0.143. The highest BCUT2D eigenvalue weighted by atomic mass is 32.2. The Morgan fingerprint density at radius 1 is 0.643 bits per heavy atom. The number of aliphatic hydroxyl groups excluding tert-OH is 3. The lowest BCUT2D eigenvalue weighted by Crippen LogP contribution is -2.60. The van der Waals surface area contributed by atoms with Crippen LogP contribution in [0.3, 0.4) is 0 Å². The Labute approximate surface area is 338 Å². The first-order valence-corrected chi connectivity index (χ1v) is 23.2. The SMILES string of the molecule is CCCCCC/C=C/CCCCCCCC(=O)OC[C@H](CO[C@H]1O[C@H](CS(=O)(=O)O)[C@@H](O)C(O)C1O)OC(=O)CCCCCCCC=C=CCCCCCCC. The first-order valence-electron chi connectivity index (χ1n) is 21.6. The summed E-state index contributed by atoms with van der Waals surface area (Å²) < 4.78 is 53.9. The molecule has 1 aliphatic rings. The molecule has 0 amide bonds. The largest absolute Gasteiger partial charge is 0.462 e. The van der Waals surface area contributed by atoms with Crippen molar-refractivity contribution >= 4 is 22.1 Å². The van der Waals surface area contributed by atoms with Crippen LogP contribution < -0.4 is 0 Å². The van der Waals surface area contributed by atoms with Crippen molar-refractivity contribution < 1.29 is 56.8 Å². The Balaban J connectivity index is 2.50. The zero-order chi connectivity index (χ0) is 41.3. The lowest BCUT2D eigenvalue weighted by Gasteiger charge is -2.40. The predicted molar refractivity (Wildman–Crippen MR) is 218 cm³/mol. The van der Waals surface area contributed by atoms with Crippen molar-refractivity contribution in [3.8, 4) is 0 Å². The van der Waals surface area contributed by atoms with Crippen molar-refractivity contribution in [2.75, 3.05) is 19.0 Å². The van der Waals surface area contributed by atoms with Gasteiger partial charge < -0.3 is 34.3 Å². The molecule has 56 heavy (non-hydrogen) atoms. The smallest absolute Gasteiger partial charge is 0.306 e. The van der Waals surface area contributed by atoms with Gasteiger partial charge in [-0.05, 0) is 76.4 Å². The third-order valence-corrected chi connectivity index (χ3v) is 10.5. The van der Waals surface area contributed by atoms with Gasteiger partial charge >= 0.3 is 11.9 Å². The Bertz CT molecular complexity index is 1200. The molecule has 1 rings (SSSR count). The Morgan fingerprint density at radius 3 is 1.68 bits per heavy atom. The van der Waals surface area contributed by atoms with Crippen molar-refractivity contribution in [3.05, 3.63) is 30.0 Å². The highest BCUT2D eigenvalue weighted by molar-refractivity contribution is 7.85. The van der Waals surface area contributed by atoms with Crippen LogP contribution in [0.15, 0.2) is 30.0 Å². The number of allylic oxidation sites excluding steroid dienone is 3. The molecule has 0 bridgehead atoms. The van der Waals surface area contributed by atoms with Crippen LogP contribution in [-0.2, 0) is 38.7 Å². The van der Waals surface area contributed by atoms with E-state index in [2.05, 4.69) is 43.9 Å². The number of carbonyl (C=O) groups excluding carboxylic acids is 2. The van der Waals surface area contributed by atoms with E-state index in [1.54, 1.807) is 0 Å². The standard InChI is InChI=1S/C43H76O12S/c1-3-5-7-9-11-13-15-17-18-20-22-24-26-28-30-32-39(45)54-36(34-53-43-42(48)41(47)40(46)37(55-43)35-56(49,50)51)33-52-38(44)31-29-27-25-23-21-19-16-14-12-10-8-6-4-2/h14-16,18,36-37,40-43,46-48H,3-13,19-35H2,1-2H3,(H,49,50,51)/b16-14+/t17?,36-,37-,40-,41?,42?,43+/m1/s1. The van der Waals surface area contributed by atoms with Crippen LogP contribution in [0.1, 0.15) is 174 Å². The molecule has 1 saturated heterocycles. The highest BCUT2D eigenvalue weighted by Crippen LogP contribution is 2.24. The topological polar surface area (TPSA) is 186 Å². The Morgan fingerprint density at radius 2 is 1.12 bits per heavy atom. The number of aliphatic hydroxyl groups is 3. The molecule has 1 fully saturated rings. The summed E-state index contributed by atoms with van der Waals surface area (Å²) >= 11 is 0. The predicted octanol–water partition coefficient (Wildman–Crippen LogP) is 8.21. The van der Waals surface area contributed by atoms with Gasteiger partial charge in [-0.25, -0.2) is 0 Å². The van der Waals surface area contributed by atoms with Gasteiger partial charge in [0.05, 0.1) is 6.61 Å². The van der Waals surface area contributed by atoms with Crippen LogP contribution in [0.2, 0.25) is 0 Å². The van der Waals surface area contributed by atoms with Gasteiger partial charge in [-0.3, -0.25) is 14.1 Å². The van der Waals surface area contributed by atoms with E-state index >= 15 is 0 Å². The van der Waals surface area contributed by atoms with Gasteiger partial charge in [0.15, 0.2) is 12.4 Å². The van der Waals surface area contributed by atoms with Gasteiger partial charge in [0.1, 0.15) is 36.8 Å². The zero-order valence-corrected chi connectivity index (χ0v) is 35.4. The molecule has 4 N–H and O–H groups in total. The third-order valence-electron chi connectivity index (χ3n) is 9.78. The molecule has 1 aliphatic heterocycles. The number of unbranched alkanes of at least 4 members (excludes halogenated alkanes) is 19. The fraction of sp³-hybridized carbons (Fsp3) is 0.837. The van der Waals surface area contributed by atoms with Crippen molar-refractivity contribution in [1.82, 2.24) is 0 Å². The highest BCUT2D eigenvalue weighted by Gasteiger charge is 2.46. The summed E-state index contributed by atoms with van der Waals surface area (Å²) in [6.07, 6.45) is 24.3. The molecule has 0 aromatic heterocycles. The van der Waals surface area contributed by atoms with Gasteiger partial charge in [0.25, 0.3) is 10.1 Å². The maximum atomic E-state index is 12.8. The number of hydrogen-bond acceptors (Lipinski definition) is 11. The number of carbonyl (C=O) groups is 2. The van der Waals surface area contributed by atoms with Crippen LogP contribution in [0.4, 0.5) is 0 Å². The van der Waals surface area contributed by atoms with E-state index in [9.17, 15) is 37.9 Å². The molecule has 0 aliphatic carbocycles. The molecule has 2 unspecified atom stereocenters. The maximum absolute atomic E-state index is 12.8. The average molecular weight is 817 g/mol. The third kappa shape index (κ3) is 28.3. The molecule has 12 nitrogen and oxygen atoms in total. The lowest BCUT2D eigenvalue weighted by atomic mass is 10.00. The molecular formula is C43H76O12S. The van der Waals surface area contributed by atoms with Crippen LogP contribution in [0.25, 0.3) is 0 Å². The first-order chi connectivity index (χ1) is 27.0. The second-order valence-corrected chi connectivity index (χ2v) is 16.6. The van der Waals surface area contributed by atoms with Crippen LogP contribution >= 0.6 is 0 Å². The maximum Gasteiger partial charge on any atom is 0.306 e. The monoisotopic (exact) mass is 817 g/mol.